The first kappa shape index (κ1) is 19.7. The average molecular weight is 347 g/mol. The van der Waals surface area contributed by atoms with Crippen molar-refractivity contribution < 1.29 is 27.5 Å². The second kappa shape index (κ2) is 8.51. The highest BCUT2D eigenvalue weighted by molar-refractivity contribution is 5.97. The van der Waals surface area contributed by atoms with Crippen LogP contribution in [0.5, 0.6) is 5.88 Å². The maximum Gasteiger partial charge on any atom is 0.422 e. The second-order valence-electron chi connectivity index (χ2n) is 5.56. The van der Waals surface area contributed by atoms with Crippen LogP contribution in [0.1, 0.15) is 30.6 Å². The molecule has 1 rings (SSSR count). The molecule has 2 amide bonds. The van der Waals surface area contributed by atoms with Crippen LogP contribution >= 0.6 is 0 Å². The average Bonchev–Trinajstić information content (AvgIpc) is 2.50. The zero-order chi connectivity index (χ0) is 18.3. The number of pyridine rings is 1. The van der Waals surface area contributed by atoms with Crippen molar-refractivity contribution in [2.45, 2.75) is 32.5 Å². The van der Waals surface area contributed by atoms with Crippen molar-refractivity contribution >= 4 is 11.8 Å². The molecular formula is C15H20F3N3O3. The topological polar surface area (TPSA) is 80.3 Å². The molecule has 1 aromatic rings. The summed E-state index contributed by atoms with van der Waals surface area (Å²) in [6.45, 7) is 2.37. The molecule has 0 fully saturated rings. The molecule has 0 aliphatic rings. The van der Waals surface area contributed by atoms with Crippen LogP contribution in [-0.4, -0.2) is 42.7 Å². The monoisotopic (exact) mass is 347 g/mol. The van der Waals surface area contributed by atoms with E-state index in [2.05, 4.69) is 20.4 Å². The van der Waals surface area contributed by atoms with Gasteiger partial charge in [-0.2, -0.15) is 13.2 Å². The standard InChI is InChI=1S/C15H20F3N3O3/c1-9(2)6-11(14(23)19-3)21-13(22)10-4-5-12(20-7-10)24-8-15(16,17)18/h4-5,7,9,11H,6,8H2,1-3H3,(H,19,23)(H,21,22)/t11-/m0/s1. The van der Waals surface area contributed by atoms with Crippen LogP contribution in [-0.2, 0) is 4.79 Å². The van der Waals surface area contributed by atoms with E-state index in [1.54, 1.807) is 0 Å². The largest absolute Gasteiger partial charge is 0.468 e. The Morgan fingerprint density at radius 3 is 2.42 bits per heavy atom. The molecule has 1 atom stereocenters. The molecule has 6 nitrogen and oxygen atoms in total. The van der Waals surface area contributed by atoms with E-state index in [0.717, 1.165) is 12.3 Å². The summed E-state index contributed by atoms with van der Waals surface area (Å²) in [5, 5.41) is 5.05. The molecule has 0 unspecified atom stereocenters. The zero-order valence-electron chi connectivity index (χ0n) is 13.6. The lowest BCUT2D eigenvalue weighted by Crippen LogP contribution is -2.46. The third kappa shape index (κ3) is 6.84. The van der Waals surface area contributed by atoms with Crippen LogP contribution < -0.4 is 15.4 Å². The minimum Gasteiger partial charge on any atom is -0.468 e. The van der Waals surface area contributed by atoms with Gasteiger partial charge in [-0.15, -0.1) is 0 Å². The molecule has 134 valence electrons. The first-order valence-electron chi connectivity index (χ1n) is 7.30. The number of likely N-dealkylation sites (N-methyl/N-ethyl adjacent to an activating group) is 1. The number of nitrogens with zero attached hydrogens (tertiary/aromatic N) is 1. The normalized spacial score (nSPS) is 12.6. The number of halogens is 3. The van der Waals surface area contributed by atoms with Gasteiger partial charge in [0.25, 0.3) is 5.91 Å². The van der Waals surface area contributed by atoms with Crippen molar-refractivity contribution in [1.82, 2.24) is 15.6 Å². The first-order valence-corrected chi connectivity index (χ1v) is 7.30. The highest BCUT2D eigenvalue weighted by Gasteiger charge is 2.28. The molecule has 0 aliphatic carbocycles. The summed E-state index contributed by atoms with van der Waals surface area (Å²) >= 11 is 0. The number of carbonyl (C=O) groups is 2. The van der Waals surface area contributed by atoms with E-state index in [4.69, 9.17) is 0 Å². The fourth-order valence-corrected chi connectivity index (χ4v) is 1.87. The summed E-state index contributed by atoms with van der Waals surface area (Å²) < 4.78 is 40.6. The minimum absolute atomic E-state index is 0.118. The molecule has 0 bridgehead atoms. The summed E-state index contributed by atoms with van der Waals surface area (Å²) in [6.07, 6.45) is -2.92. The number of rotatable bonds is 7. The number of hydrogen-bond acceptors (Lipinski definition) is 4. The SMILES string of the molecule is CNC(=O)[C@H](CC(C)C)NC(=O)c1ccc(OCC(F)(F)F)nc1. The quantitative estimate of drug-likeness (QED) is 0.790. The Balaban J connectivity index is 2.71. The lowest BCUT2D eigenvalue weighted by atomic mass is 10.0. The van der Waals surface area contributed by atoms with E-state index in [0.29, 0.717) is 6.42 Å². The predicted octanol–water partition coefficient (Wildman–Crippen LogP) is 1.91. The molecule has 9 heteroatoms. The molecule has 24 heavy (non-hydrogen) atoms. The van der Waals surface area contributed by atoms with Gasteiger partial charge in [0.15, 0.2) is 6.61 Å². The van der Waals surface area contributed by atoms with Crippen LogP contribution in [0.25, 0.3) is 0 Å². The molecule has 1 heterocycles. The summed E-state index contributed by atoms with van der Waals surface area (Å²) in [7, 11) is 1.47. The van der Waals surface area contributed by atoms with E-state index >= 15 is 0 Å². The van der Waals surface area contributed by atoms with Crippen LogP contribution in [0.3, 0.4) is 0 Å². The molecule has 0 aromatic carbocycles. The zero-order valence-corrected chi connectivity index (χ0v) is 13.6. The van der Waals surface area contributed by atoms with Gasteiger partial charge < -0.3 is 15.4 Å². The summed E-state index contributed by atoms with van der Waals surface area (Å²) in [5.74, 6) is -0.924. The molecule has 0 radical (unpaired) electrons. The Morgan fingerprint density at radius 1 is 1.29 bits per heavy atom. The maximum atomic E-state index is 12.1. The van der Waals surface area contributed by atoms with Crippen LogP contribution in [0.4, 0.5) is 13.2 Å². The molecule has 0 saturated carbocycles. The van der Waals surface area contributed by atoms with Crippen molar-refractivity contribution in [2.24, 2.45) is 5.92 Å². The van der Waals surface area contributed by atoms with Crippen molar-refractivity contribution in [3.63, 3.8) is 0 Å². The number of ether oxygens (including phenoxy) is 1. The summed E-state index contributed by atoms with van der Waals surface area (Å²) in [5.41, 5.74) is 0.118. The third-order valence-electron chi connectivity index (χ3n) is 2.96. The number of hydrogen-bond donors (Lipinski definition) is 2. The van der Waals surface area contributed by atoms with Gasteiger partial charge in [-0.1, -0.05) is 13.8 Å². The third-order valence-corrected chi connectivity index (χ3v) is 2.96. The van der Waals surface area contributed by atoms with E-state index in [1.807, 2.05) is 13.8 Å². The minimum atomic E-state index is -4.46. The Bertz CT molecular complexity index is 559. The van der Waals surface area contributed by atoms with Crippen LogP contribution in [0.2, 0.25) is 0 Å². The van der Waals surface area contributed by atoms with Gasteiger partial charge in [0.05, 0.1) is 5.56 Å². The highest BCUT2D eigenvalue weighted by atomic mass is 19.4. The molecule has 0 spiro atoms. The van der Waals surface area contributed by atoms with E-state index in [9.17, 15) is 22.8 Å². The van der Waals surface area contributed by atoms with Crippen molar-refractivity contribution in [3.05, 3.63) is 23.9 Å². The van der Waals surface area contributed by atoms with Gasteiger partial charge in [0.1, 0.15) is 6.04 Å². The van der Waals surface area contributed by atoms with E-state index in [-0.39, 0.29) is 23.3 Å². The van der Waals surface area contributed by atoms with Crippen molar-refractivity contribution in [1.29, 1.82) is 0 Å². The predicted molar refractivity (Wildman–Crippen MR) is 80.6 cm³/mol. The van der Waals surface area contributed by atoms with Gasteiger partial charge in [-0.3, -0.25) is 9.59 Å². The first-order chi connectivity index (χ1) is 11.1. The molecule has 2 N–H and O–H groups in total. The molecule has 0 saturated heterocycles. The number of aromatic nitrogens is 1. The lowest BCUT2D eigenvalue weighted by molar-refractivity contribution is -0.154. The van der Waals surface area contributed by atoms with Gasteiger partial charge >= 0.3 is 6.18 Å². The second-order valence-corrected chi connectivity index (χ2v) is 5.56. The van der Waals surface area contributed by atoms with Gasteiger partial charge in [0, 0.05) is 19.3 Å². The summed E-state index contributed by atoms with van der Waals surface area (Å²) in [4.78, 5) is 27.6. The lowest BCUT2D eigenvalue weighted by Gasteiger charge is -2.19. The molecule has 1 aromatic heterocycles. The number of nitrogens with one attached hydrogen (secondary N) is 2. The highest BCUT2D eigenvalue weighted by Crippen LogP contribution is 2.17. The Hall–Kier alpha value is -2.32. The smallest absolute Gasteiger partial charge is 0.422 e. The number of carbonyl (C=O) groups excluding carboxylic acids is 2. The van der Waals surface area contributed by atoms with Crippen molar-refractivity contribution in [3.8, 4) is 5.88 Å². The molecule has 0 aliphatic heterocycles. The van der Waals surface area contributed by atoms with Gasteiger partial charge in [-0.05, 0) is 18.4 Å². The molecular weight excluding hydrogens is 327 g/mol. The fraction of sp³-hybridized carbons (Fsp3) is 0.533. The Kier molecular flexibility index (Phi) is 6.99. The maximum absolute atomic E-state index is 12.1. The van der Waals surface area contributed by atoms with Gasteiger partial charge in [0.2, 0.25) is 11.8 Å². The fourth-order valence-electron chi connectivity index (χ4n) is 1.87. The van der Waals surface area contributed by atoms with Crippen LogP contribution in [0.15, 0.2) is 18.3 Å². The van der Waals surface area contributed by atoms with Gasteiger partial charge in [-0.25, -0.2) is 4.98 Å². The number of amides is 2. The van der Waals surface area contributed by atoms with Crippen molar-refractivity contribution in [2.75, 3.05) is 13.7 Å². The Labute approximate surface area is 137 Å². The van der Waals surface area contributed by atoms with E-state index < -0.39 is 24.7 Å². The Morgan fingerprint density at radius 2 is 1.96 bits per heavy atom. The number of alkyl halides is 3. The van der Waals surface area contributed by atoms with Crippen LogP contribution in [0, 0.1) is 5.92 Å². The van der Waals surface area contributed by atoms with E-state index in [1.165, 1.54) is 13.1 Å². The summed E-state index contributed by atoms with van der Waals surface area (Å²) in [6, 6.07) is 1.74.